The van der Waals surface area contributed by atoms with Crippen LogP contribution in [0.1, 0.15) is 67.7 Å². The van der Waals surface area contributed by atoms with Gasteiger partial charge in [-0.25, -0.2) is 13.2 Å². The maximum Gasteiger partial charge on any atom is 0.166 e. The zero-order valence-corrected chi connectivity index (χ0v) is 21.8. The molecule has 0 saturated carbocycles. The molecular formula is C34H35F3. The molecule has 0 amide bonds. The maximum atomic E-state index is 14.8. The molecule has 3 rings (SSSR count). The summed E-state index contributed by atoms with van der Waals surface area (Å²) in [5, 5.41) is 0. The zero-order valence-electron chi connectivity index (χ0n) is 21.8. The van der Waals surface area contributed by atoms with Gasteiger partial charge in [0.1, 0.15) is 5.82 Å². The summed E-state index contributed by atoms with van der Waals surface area (Å²) in [6.45, 7) is 10.4. The molecule has 0 aliphatic rings. The lowest BCUT2D eigenvalue weighted by molar-refractivity contribution is 0.570. The van der Waals surface area contributed by atoms with E-state index in [0.29, 0.717) is 5.92 Å². The normalized spacial score (nSPS) is 15.2. The Morgan fingerprint density at radius 1 is 0.784 bits per heavy atom. The minimum absolute atomic E-state index is 0.00844. The van der Waals surface area contributed by atoms with Crippen molar-refractivity contribution < 1.29 is 13.2 Å². The van der Waals surface area contributed by atoms with E-state index in [-0.39, 0.29) is 23.0 Å². The van der Waals surface area contributed by atoms with Gasteiger partial charge in [-0.05, 0) is 71.6 Å². The van der Waals surface area contributed by atoms with Crippen molar-refractivity contribution in [1.82, 2.24) is 0 Å². The van der Waals surface area contributed by atoms with E-state index in [9.17, 15) is 13.2 Å². The molecule has 37 heavy (non-hydrogen) atoms. The molecule has 0 unspecified atom stereocenters. The molecule has 0 saturated heterocycles. The second-order valence-corrected chi connectivity index (χ2v) is 9.53. The second-order valence-electron chi connectivity index (χ2n) is 9.53. The van der Waals surface area contributed by atoms with Crippen molar-refractivity contribution in [2.24, 2.45) is 5.92 Å². The Balaban J connectivity index is 1.66. The van der Waals surface area contributed by atoms with Crippen LogP contribution in [0, 0.1) is 11.7 Å². The number of benzene rings is 3. The molecule has 0 aromatic heterocycles. The lowest BCUT2D eigenvalue weighted by atomic mass is 9.83. The lowest BCUT2D eigenvalue weighted by Crippen LogP contribution is -2.08. The third kappa shape index (κ3) is 7.69. The Bertz CT molecular complexity index is 1230. The van der Waals surface area contributed by atoms with Crippen LogP contribution < -0.4 is 0 Å². The van der Waals surface area contributed by atoms with Crippen molar-refractivity contribution in [3.8, 4) is 0 Å². The number of allylic oxidation sites excluding steroid dienone is 5. The highest BCUT2D eigenvalue weighted by Crippen LogP contribution is 2.33. The molecule has 0 heterocycles. The number of halogens is 3. The quantitative estimate of drug-likeness (QED) is 0.181. The summed E-state index contributed by atoms with van der Waals surface area (Å²) >= 11 is 0. The summed E-state index contributed by atoms with van der Waals surface area (Å²) in [6, 6.07) is 22.1. The van der Waals surface area contributed by atoms with Crippen LogP contribution in [-0.2, 0) is 0 Å². The van der Waals surface area contributed by atoms with E-state index in [1.807, 2.05) is 24.3 Å². The van der Waals surface area contributed by atoms with Crippen LogP contribution in [-0.4, -0.2) is 0 Å². The molecule has 0 aliphatic heterocycles. The minimum Gasteiger partial charge on any atom is -0.207 e. The van der Waals surface area contributed by atoms with Crippen LogP contribution in [0.5, 0.6) is 0 Å². The topological polar surface area (TPSA) is 0 Å². The smallest absolute Gasteiger partial charge is 0.166 e. The Morgan fingerprint density at radius 3 is 1.92 bits per heavy atom. The molecule has 0 nitrogen and oxygen atoms in total. The van der Waals surface area contributed by atoms with Gasteiger partial charge in [0.25, 0.3) is 0 Å². The van der Waals surface area contributed by atoms with E-state index >= 15 is 0 Å². The SMILES string of the molecule is C=C/C=C(\C=C/CC[C@H](C)c1ccccc1)[C@@H](C)[C@H](C)c1ccc(/C(F)=C(\F)c2ccc(F)cc2)cc1. The molecule has 192 valence electrons. The summed E-state index contributed by atoms with van der Waals surface area (Å²) in [6.07, 6.45) is 10.3. The Morgan fingerprint density at radius 2 is 1.35 bits per heavy atom. The predicted molar refractivity (Wildman–Crippen MR) is 151 cm³/mol. The standard InChI is InChI=1S/C34H35F3/c1-5-11-28(15-10-9-12-24(2)27-13-7-6-8-14-27)25(3)26(4)29-16-18-30(19-17-29)33(36)34(37)31-20-22-32(35)23-21-31/h5-8,10-11,13-26H,1,9,12H2,2-4H3/b15-10-,28-11+,34-33+/t24-,25-,26-/m0/s1. The van der Waals surface area contributed by atoms with E-state index in [1.165, 1.54) is 23.3 Å². The molecule has 0 fully saturated rings. The number of hydrogen-bond acceptors (Lipinski definition) is 0. The van der Waals surface area contributed by atoms with Crippen molar-refractivity contribution in [3.05, 3.63) is 143 Å². The fourth-order valence-electron chi connectivity index (χ4n) is 4.37. The molecule has 3 atom stereocenters. The highest BCUT2D eigenvalue weighted by molar-refractivity contribution is 5.83. The van der Waals surface area contributed by atoms with E-state index < -0.39 is 17.5 Å². The molecule has 0 aliphatic carbocycles. The summed E-state index contributed by atoms with van der Waals surface area (Å²) in [4.78, 5) is 0. The first kappa shape index (κ1) is 28.0. The predicted octanol–water partition coefficient (Wildman–Crippen LogP) is 10.6. The second kappa shape index (κ2) is 13.6. The van der Waals surface area contributed by atoms with Gasteiger partial charge in [-0.15, -0.1) is 0 Å². The Hall–Kier alpha value is -3.59. The van der Waals surface area contributed by atoms with Crippen molar-refractivity contribution in [2.45, 2.75) is 45.4 Å². The summed E-state index contributed by atoms with van der Waals surface area (Å²) in [5.41, 5.74) is 3.72. The lowest BCUT2D eigenvalue weighted by Gasteiger charge is -2.22. The van der Waals surface area contributed by atoms with Gasteiger partial charge in [-0.1, -0.05) is 106 Å². The monoisotopic (exact) mass is 500 g/mol. The molecule has 0 radical (unpaired) electrons. The van der Waals surface area contributed by atoms with E-state index in [4.69, 9.17) is 0 Å². The summed E-state index contributed by atoms with van der Waals surface area (Å²) < 4.78 is 42.4. The van der Waals surface area contributed by atoms with Gasteiger partial charge in [-0.2, -0.15) is 0 Å². The van der Waals surface area contributed by atoms with E-state index in [1.54, 1.807) is 18.2 Å². The zero-order chi connectivity index (χ0) is 26.8. The van der Waals surface area contributed by atoms with Crippen LogP contribution in [0.2, 0.25) is 0 Å². The average Bonchev–Trinajstić information content (AvgIpc) is 2.94. The Labute approximate surface area is 219 Å². The fourth-order valence-corrected chi connectivity index (χ4v) is 4.37. The largest absolute Gasteiger partial charge is 0.207 e. The Kier molecular flexibility index (Phi) is 10.3. The summed E-state index contributed by atoms with van der Waals surface area (Å²) in [5.74, 6) is -1.61. The first-order chi connectivity index (χ1) is 17.8. The van der Waals surface area contributed by atoms with Crippen LogP contribution in [0.15, 0.2) is 115 Å². The minimum atomic E-state index is -1.00. The molecular weight excluding hydrogens is 465 g/mol. The van der Waals surface area contributed by atoms with Crippen molar-refractivity contribution >= 4 is 11.7 Å². The molecule has 3 heteroatoms. The van der Waals surface area contributed by atoms with Crippen LogP contribution in [0.3, 0.4) is 0 Å². The van der Waals surface area contributed by atoms with Crippen molar-refractivity contribution in [2.75, 3.05) is 0 Å². The van der Waals surface area contributed by atoms with Gasteiger partial charge in [0.2, 0.25) is 0 Å². The fraction of sp³-hybridized carbons (Fsp3) is 0.235. The average molecular weight is 501 g/mol. The van der Waals surface area contributed by atoms with Gasteiger partial charge in [0.05, 0.1) is 0 Å². The number of rotatable bonds is 11. The third-order valence-corrected chi connectivity index (χ3v) is 7.01. The molecule has 0 spiro atoms. The van der Waals surface area contributed by atoms with Gasteiger partial charge >= 0.3 is 0 Å². The van der Waals surface area contributed by atoms with E-state index in [0.717, 1.165) is 30.5 Å². The van der Waals surface area contributed by atoms with E-state index in [2.05, 4.69) is 63.8 Å². The molecule has 3 aromatic rings. The highest BCUT2D eigenvalue weighted by Gasteiger charge is 2.18. The molecule has 0 N–H and O–H groups in total. The van der Waals surface area contributed by atoms with Gasteiger partial charge < -0.3 is 0 Å². The summed E-state index contributed by atoms with van der Waals surface area (Å²) in [7, 11) is 0. The van der Waals surface area contributed by atoms with Crippen LogP contribution >= 0.6 is 0 Å². The van der Waals surface area contributed by atoms with Crippen molar-refractivity contribution in [3.63, 3.8) is 0 Å². The van der Waals surface area contributed by atoms with Crippen LogP contribution in [0.4, 0.5) is 13.2 Å². The highest BCUT2D eigenvalue weighted by atomic mass is 19.2. The first-order valence-electron chi connectivity index (χ1n) is 12.8. The third-order valence-electron chi connectivity index (χ3n) is 7.01. The first-order valence-corrected chi connectivity index (χ1v) is 12.8. The number of hydrogen-bond donors (Lipinski definition) is 0. The molecule has 3 aromatic carbocycles. The van der Waals surface area contributed by atoms with Crippen molar-refractivity contribution in [1.29, 1.82) is 0 Å². The maximum absolute atomic E-state index is 14.8. The van der Waals surface area contributed by atoms with Gasteiger partial charge in [0.15, 0.2) is 11.7 Å². The van der Waals surface area contributed by atoms with Gasteiger partial charge in [0, 0.05) is 11.1 Å². The van der Waals surface area contributed by atoms with Crippen LogP contribution in [0.25, 0.3) is 11.7 Å². The van der Waals surface area contributed by atoms with Gasteiger partial charge in [-0.3, -0.25) is 0 Å². The molecule has 0 bridgehead atoms.